The van der Waals surface area contributed by atoms with Gasteiger partial charge in [-0.25, -0.2) is 0 Å². The lowest BCUT2D eigenvalue weighted by Gasteiger charge is -2.33. The summed E-state index contributed by atoms with van der Waals surface area (Å²) in [7, 11) is -2.09. The molecule has 0 saturated heterocycles. The van der Waals surface area contributed by atoms with Crippen molar-refractivity contribution < 1.29 is 9.79 Å². The first-order valence-corrected chi connectivity index (χ1v) is 9.23. The molecule has 0 bridgehead atoms. The van der Waals surface area contributed by atoms with E-state index in [4.69, 9.17) is 0 Å². The molecule has 2 aromatic carbocycles. The van der Waals surface area contributed by atoms with Crippen LogP contribution in [0.4, 0.5) is 0 Å². The predicted molar refractivity (Wildman–Crippen MR) is 100.0 cm³/mol. The Hall–Kier alpha value is -1.21. The lowest BCUT2D eigenvalue weighted by Crippen LogP contribution is -2.24. The van der Waals surface area contributed by atoms with E-state index in [1.807, 2.05) is 18.2 Å². The van der Waals surface area contributed by atoms with Crippen molar-refractivity contribution in [3.8, 4) is 11.1 Å². The summed E-state index contributed by atoms with van der Waals surface area (Å²) in [6, 6.07) is 16.0. The van der Waals surface area contributed by atoms with Crippen LogP contribution in [0.25, 0.3) is 11.1 Å². The molecule has 3 heteroatoms. The molecule has 0 fully saturated rings. The van der Waals surface area contributed by atoms with E-state index in [9.17, 15) is 9.79 Å². The Balaban J connectivity index is 2.34. The van der Waals surface area contributed by atoms with Crippen LogP contribution in [0, 0.1) is 5.41 Å². The molecule has 0 amide bonds. The Kier molecular flexibility index (Phi) is 5.30. The van der Waals surface area contributed by atoms with Crippen molar-refractivity contribution in [1.82, 2.24) is 0 Å². The summed E-state index contributed by atoms with van der Waals surface area (Å²) < 4.78 is 0. The smallest absolute Gasteiger partial charge is 0.200 e. The van der Waals surface area contributed by atoms with Crippen LogP contribution in [0.3, 0.4) is 0 Å². The zero-order chi connectivity index (χ0) is 17.3. The summed E-state index contributed by atoms with van der Waals surface area (Å²) in [5, 5.41) is 0.601. The maximum atomic E-state index is 9.60. The largest absolute Gasteiger partial charge is 0.347 e. The van der Waals surface area contributed by atoms with Crippen molar-refractivity contribution in [2.75, 3.05) is 0 Å². The standard InChI is InChI=1S/C20H27O2P/c1-19(2,3)14-20(4,5)16-12-10-15(11-13-16)17-8-6-7-9-18(17)23(21)22/h6-13,21-22H,14H2,1-5H3. The normalized spacial score (nSPS) is 12.7. The molecule has 0 unspecified atom stereocenters. The lowest BCUT2D eigenvalue weighted by atomic mass is 9.72. The second-order valence-corrected chi connectivity index (χ2v) is 9.07. The van der Waals surface area contributed by atoms with Gasteiger partial charge in [0.1, 0.15) is 0 Å². The maximum absolute atomic E-state index is 9.60. The SMILES string of the molecule is CC(C)(C)CC(C)(C)c1ccc(-c2ccccc2P(O)O)cc1. The van der Waals surface area contributed by atoms with Crippen molar-refractivity contribution in [3.05, 3.63) is 54.1 Å². The van der Waals surface area contributed by atoms with Gasteiger partial charge in [0.25, 0.3) is 0 Å². The lowest BCUT2D eigenvalue weighted by molar-refractivity contribution is 0.284. The van der Waals surface area contributed by atoms with Gasteiger partial charge in [0, 0.05) is 5.30 Å². The van der Waals surface area contributed by atoms with Gasteiger partial charge in [0.2, 0.25) is 0 Å². The van der Waals surface area contributed by atoms with Crippen molar-refractivity contribution in [1.29, 1.82) is 0 Å². The van der Waals surface area contributed by atoms with Crippen molar-refractivity contribution in [3.63, 3.8) is 0 Å². The molecule has 2 nitrogen and oxygen atoms in total. The molecule has 0 radical (unpaired) electrons. The molecule has 0 aliphatic rings. The second-order valence-electron chi connectivity index (χ2n) is 8.01. The van der Waals surface area contributed by atoms with E-state index in [1.165, 1.54) is 5.56 Å². The average molecular weight is 330 g/mol. The molecular weight excluding hydrogens is 303 g/mol. The van der Waals surface area contributed by atoms with Crippen LogP contribution in [0.5, 0.6) is 0 Å². The minimum Gasteiger partial charge on any atom is -0.347 e. The van der Waals surface area contributed by atoms with Gasteiger partial charge >= 0.3 is 0 Å². The van der Waals surface area contributed by atoms with Crippen LogP contribution in [0.1, 0.15) is 46.6 Å². The van der Waals surface area contributed by atoms with Gasteiger partial charge in [-0.1, -0.05) is 77.1 Å². The van der Waals surface area contributed by atoms with Gasteiger partial charge in [-0.15, -0.1) is 0 Å². The summed E-state index contributed by atoms with van der Waals surface area (Å²) in [6.07, 6.45) is 1.11. The van der Waals surface area contributed by atoms with E-state index in [1.54, 1.807) is 6.07 Å². The fraction of sp³-hybridized carbons (Fsp3) is 0.400. The van der Waals surface area contributed by atoms with Crippen LogP contribution >= 0.6 is 8.38 Å². The molecular formula is C20H27O2P. The number of benzene rings is 2. The van der Waals surface area contributed by atoms with Crippen LogP contribution in [-0.2, 0) is 5.41 Å². The van der Waals surface area contributed by atoms with Gasteiger partial charge in [-0.3, -0.25) is 0 Å². The molecule has 0 spiro atoms. The van der Waals surface area contributed by atoms with E-state index in [0.29, 0.717) is 5.30 Å². The van der Waals surface area contributed by atoms with Crippen molar-refractivity contribution >= 4 is 13.7 Å². The molecule has 0 aromatic heterocycles. The third-order valence-electron chi connectivity index (χ3n) is 4.07. The summed E-state index contributed by atoms with van der Waals surface area (Å²) in [6.45, 7) is 11.4. The van der Waals surface area contributed by atoms with Crippen LogP contribution in [0.2, 0.25) is 0 Å². The Labute approximate surface area is 141 Å². The topological polar surface area (TPSA) is 40.5 Å². The Morgan fingerprint density at radius 2 is 1.39 bits per heavy atom. The quantitative estimate of drug-likeness (QED) is 0.775. The van der Waals surface area contributed by atoms with Crippen LogP contribution in [-0.4, -0.2) is 9.79 Å². The maximum Gasteiger partial charge on any atom is 0.200 e. The Morgan fingerprint density at radius 1 is 0.826 bits per heavy atom. The van der Waals surface area contributed by atoms with E-state index in [-0.39, 0.29) is 10.8 Å². The minimum absolute atomic E-state index is 0.108. The molecule has 0 aliphatic heterocycles. The molecule has 2 N–H and O–H groups in total. The van der Waals surface area contributed by atoms with Gasteiger partial charge in [0.05, 0.1) is 0 Å². The first-order chi connectivity index (χ1) is 10.6. The van der Waals surface area contributed by atoms with Crippen molar-refractivity contribution in [2.45, 2.75) is 46.5 Å². The number of hydrogen-bond acceptors (Lipinski definition) is 2. The van der Waals surface area contributed by atoms with E-state index in [2.05, 4.69) is 58.9 Å². The van der Waals surface area contributed by atoms with Gasteiger partial charge in [0.15, 0.2) is 8.38 Å². The molecule has 0 atom stereocenters. The third-order valence-corrected chi connectivity index (χ3v) is 4.89. The third kappa shape index (κ3) is 4.64. The first kappa shape index (κ1) is 18.1. The average Bonchev–Trinajstić information content (AvgIpc) is 2.45. The van der Waals surface area contributed by atoms with Crippen molar-refractivity contribution in [2.24, 2.45) is 5.41 Å². The molecule has 23 heavy (non-hydrogen) atoms. The first-order valence-electron chi connectivity index (χ1n) is 7.98. The highest BCUT2D eigenvalue weighted by Gasteiger charge is 2.27. The van der Waals surface area contributed by atoms with E-state index < -0.39 is 8.38 Å². The van der Waals surface area contributed by atoms with Gasteiger partial charge in [-0.05, 0) is 40.0 Å². The van der Waals surface area contributed by atoms with E-state index in [0.717, 1.165) is 17.5 Å². The molecule has 124 valence electrons. The van der Waals surface area contributed by atoms with E-state index >= 15 is 0 Å². The van der Waals surface area contributed by atoms with Crippen LogP contribution < -0.4 is 5.30 Å². The fourth-order valence-electron chi connectivity index (χ4n) is 3.42. The predicted octanol–water partition coefficient (Wildman–Crippen LogP) is 4.99. The van der Waals surface area contributed by atoms with Crippen LogP contribution in [0.15, 0.2) is 48.5 Å². The molecule has 2 aromatic rings. The zero-order valence-corrected chi connectivity index (χ0v) is 15.6. The highest BCUT2D eigenvalue weighted by atomic mass is 31.2. The molecule has 0 aliphatic carbocycles. The highest BCUT2D eigenvalue weighted by molar-refractivity contribution is 7.54. The summed E-state index contributed by atoms with van der Waals surface area (Å²) in [4.78, 5) is 19.2. The number of rotatable bonds is 4. The molecule has 2 rings (SSSR count). The molecule has 0 saturated carbocycles. The Bertz CT molecular complexity index is 652. The summed E-state index contributed by atoms with van der Waals surface area (Å²) >= 11 is 0. The highest BCUT2D eigenvalue weighted by Crippen LogP contribution is 2.37. The monoisotopic (exact) mass is 330 g/mol. The Morgan fingerprint density at radius 3 is 1.91 bits per heavy atom. The fourth-order valence-corrected chi connectivity index (χ4v) is 4.06. The zero-order valence-electron chi connectivity index (χ0n) is 14.7. The minimum atomic E-state index is -2.09. The number of hydrogen-bond donors (Lipinski definition) is 2. The molecule has 0 heterocycles. The van der Waals surface area contributed by atoms with Gasteiger partial charge < -0.3 is 9.79 Å². The summed E-state index contributed by atoms with van der Waals surface area (Å²) in [5.74, 6) is 0. The van der Waals surface area contributed by atoms with Gasteiger partial charge in [-0.2, -0.15) is 0 Å². The second kappa shape index (κ2) is 6.73. The summed E-state index contributed by atoms with van der Waals surface area (Å²) in [5.41, 5.74) is 3.61.